The molecule has 1 saturated carbocycles. The molecule has 0 bridgehead atoms. The molecule has 1 fully saturated rings. The predicted molar refractivity (Wildman–Crippen MR) is 49.9 cm³/mol. The number of rotatable bonds is 2. The SMILES string of the molecule is COc1ccc(Cl)c(C2CC2)c1F. The smallest absolute Gasteiger partial charge is 0.169 e. The first-order valence-electron chi connectivity index (χ1n) is 4.26. The van der Waals surface area contributed by atoms with Crippen LogP contribution in [0.15, 0.2) is 12.1 Å². The lowest BCUT2D eigenvalue weighted by atomic mass is 10.1. The van der Waals surface area contributed by atoms with Gasteiger partial charge in [-0.15, -0.1) is 0 Å². The Balaban J connectivity index is 2.50. The van der Waals surface area contributed by atoms with Gasteiger partial charge in [0.1, 0.15) is 0 Å². The third kappa shape index (κ3) is 1.51. The topological polar surface area (TPSA) is 9.23 Å². The van der Waals surface area contributed by atoms with Crippen LogP contribution in [0.25, 0.3) is 0 Å². The average Bonchev–Trinajstić information content (AvgIpc) is 2.89. The fourth-order valence-electron chi connectivity index (χ4n) is 1.45. The molecule has 0 amide bonds. The highest BCUT2D eigenvalue weighted by Crippen LogP contribution is 2.46. The summed E-state index contributed by atoms with van der Waals surface area (Å²) in [6, 6.07) is 3.25. The maximum atomic E-state index is 13.6. The highest BCUT2D eigenvalue weighted by atomic mass is 35.5. The van der Waals surface area contributed by atoms with Crippen LogP contribution < -0.4 is 4.74 Å². The van der Waals surface area contributed by atoms with E-state index in [1.807, 2.05) is 0 Å². The van der Waals surface area contributed by atoms with Crippen LogP contribution in [0.3, 0.4) is 0 Å². The van der Waals surface area contributed by atoms with Gasteiger partial charge in [-0.1, -0.05) is 11.6 Å². The zero-order valence-electron chi connectivity index (χ0n) is 7.31. The molecule has 0 N–H and O–H groups in total. The number of hydrogen-bond acceptors (Lipinski definition) is 1. The van der Waals surface area contributed by atoms with Crippen molar-refractivity contribution in [1.82, 2.24) is 0 Å². The van der Waals surface area contributed by atoms with Gasteiger partial charge in [0.2, 0.25) is 0 Å². The van der Waals surface area contributed by atoms with E-state index in [1.54, 1.807) is 12.1 Å². The van der Waals surface area contributed by atoms with E-state index in [0.29, 0.717) is 16.5 Å². The molecule has 0 aliphatic heterocycles. The van der Waals surface area contributed by atoms with E-state index in [9.17, 15) is 4.39 Å². The molecule has 0 atom stereocenters. The van der Waals surface area contributed by atoms with Crippen LogP contribution in [0, 0.1) is 5.82 Å². The first-order chi connectivity index (χ1) is 6.24. The van der Waals surface area contributed by atoms with Crippen LogP contribution in [0.4, 0.5) is 4.39 Å². The summed E-state index contributed by atoms with van der Waals surface area (Å²) in [6.45, 7) is 0. The third-order valence-electron chi connectivity index (χ3n) is 2.30. The number of hydrogen-bond donors (Lipinski definition) is 0. The summed E-state index contributed by atoms with van der Waals surface area (Å²) in [7, 11) is 1.46. The van der Waals surface area contributed by atoms with Gasteiger partial charge in [-0.3, -0.25) is 0 Å². The number of ether oxygens (including phenoxy) is 1. The van der Waals surface area contributed by atoms with Crippen molar-refractivity contribution in [2.24, 2.45) is 0 Å². The lowest BCUT2D eigenvalue weighted by Gasteiger charge is -2.07. The molecule has 0 aromatic heterocycles. The van der Waals surface area contributed by atoms with Gasteiger partial charge in [-0.25, -0.2) is 4.39 Å². The lowest BCUT2D eigenvalue weighted by molar-refractivity contribution is 0.384. The van der Waals surface area contributed by atoms with Crippen molar-refractivity contribution in [2.75, 3.05) is 7.11 Å². The van der Waals surface area contributed by atoms with E-state index in [0.717, 1.165) is 12.8 Å². The van der Waals surface area contributed by atoms with Crippen LogP contribution in [-0.4, -0.2) is 7.11 Å². The van der Waals surface area contributed by atoms with Crippen LogP contribution in [-0.2, 0) is 0 Å². The quantitative estimate of drug-likeness (QED) is 0.711. The van der Waals surface area contributed by atoms with E-state index in [-0.39, 0.29) is 11.6 Å². The molecule has 13 heavy (non-hydrogen) atoms. The molecule has 3 heteroatoms. The Morgan fingerprint density at radius 1 is 1.46 bits per heavy atom. The van der Waals surface area contributed by atoms with Crippen molar-refractivity contribution in [3.05, 3.63) is 28.5 Å². The largest absolute Gasteiger partial charge is 0.494 e. The Morgan fingerprint density at radius 2 is 2.15 bits per heavy atom. The number of halogens is 2. The first kappa shape index (κ1) is 8.82. The zero-order chi connectivity index (χ0) is 9.42. The molecule has 1 aliphatic rings. The predicted octanol–water partition coefficient (Wildman–Crippen LogP) is 3.37. The maximum Gasteiger partial charge on any atom is 0.169 e. The van der Waals surface area contributed by atoms with Gasteiger partial charge in [0.25, 0.3) is 0 Å². The second kappa shape index (κ2) is 3.18. The van der Waals surface area contributed by atoms with Crippen molar-refractivity contribution in [1.29, 1.82) is 0 Å². The summed E-state index contributed by atoms with van der Waals surface area (Å²) < 4.78 is 18.5. The van der Waals surface area contributed by atoms with E-state index < -0.39 is 0 Å². The summed E-state index contributed by atoms with van der Waals surface area (Å²) in [5.74, 6) is 0.298. The number of methoxy groups -OCH3 is 1. The highest BCUT2D eigenvalue weighted by Gasteiger charge is 2.30. The van der Waals surface area contributed by atoms with E-state index in [4.69, 9.17) is 16.3 Å². The van der Waals surface area contributed by atoms with Crippen LogP contribution >= 0.6 is 11.6 Å². The minimum Gasteiger partial charge on any atom is -0.494 e. The Kier molecular flexibility index (Phi) is 2.16. The third-order valence-corrected chi connectivity index (χ3v) is 2.63. The number of benzene rings is 1. The van der Waals surface area contributed by atoms with Crippen LogP contribution in [0.2, 0.25) is 5.02 Å². The normalized spacial score (nSPS) is 15.9. The molecule has 2 rings (SSSR count). The summed E-state index contributed by atoms with van der Waals surface area (Å²) in [6.07, 6.45) is 2.06. The molecule has 70 valence electrons. The second-order valence-corrected chi connectivity index (χ2v) is 3.66. The molecule has 0 heterocycles. The van der Waals surface area contributed by atoms with Gasteiger partial charge < -0.3 is 4.74 Å². The van der Waals surface area contributed by atoms with E-state index >= 15 is 0 Å². The van der Waals surface area contributed by atoms with Crippen molar-refractivity contribution in [3.63, 3.8) is 0 Å². The fraction of sp³-hybridized carbons (Fsp3) is 0.400. The molecule has 1 nitrogen and oxygen atoms in total. The van der Waals surface area contributed by atoms with Crippen molar-refractivity contribution < 1.29 is 9.13 Å². The zero-order valence-corrected chi connectivity index (χ0v) is 8.07. The van der Waals surface area contributed by atoms with Crippen molar-refractivity contribution in [2.45, 2.75) is 18.8 Å². The van der Waals surface area contributed by atoms with Gasteiger partial charge in [0.05, 0.1) is 7.11 Å². The molecule has 0 unspecified atom stereocenters. The van der Waals surface area contributed by atoms with E-state index in [1.165, 1.54) is 7.11 Å². The van der Waals surface area contributed by atoms with Gasteiger partial charge in [-0.2, -0.15) is 0 Å². The van der Waals surface area contributed by atoms with Crippen LogP contribution in [0.1, 0.15) is 24.3 Å². The minimum absolute atomic E-state index is 0.284. The second-order valence-electron chi connectivity index (χ2n) is 3.25. The van der Waals surface area contributed by atoms with Crippen molar-refractivity contribution in [3.8, 4) is 5.75 Å². The molecule has 1 aromatic carbocycles. The Bertz CT molecular complexity index is 334. The highest BCUT2D eigenvalue weighted by molar-refractivity contribution is 6.31. The van der Waals surface area contributed by atoms with E-state index in [2.05, 4.69) is 0 Å². The Morgan fingerprint density at radius 3 is 2.69 bits per heavy atom. The van der Waals surface area contributed by atoms with Gasteiger partial charge in [0.15, 0.2) is 11.6 Å². The summed E-state index contributed by atoms with van der Waals surface area (Å²) in [5, 5.41) is 0.515. The standard InChI is InChI=1S/C10H10ClFO/c1-13-8-5-4-7(11)9(10(8)12)6-2-3-6/h4-6H,2-3H2,1H3. The van der Waals surface area contributed by atoms with Crippen LogP contribution in [0.5, 0.6) is 5.75 Å². The van der Waals surface area contributed by atoms with Gasteiger partial charge >= 0.3 is 0 Å². The molecule has 0 saturated heterocycles. The minimum atomic E-state index is -0.294. The maximum absolute atomic E-state index is 13.6. The lowest BCUT2D eigenvalue weighted by Crippen LogP contribution is -1.94. The first-order valence-corrected chi connectivity index (χ1v) is 4.63. The fourth-order valence-corrected chi connectivity index (χ4v) is 1.75. The molecule has 1 aromatic rings. The molecule has 1 aliphatic carbocycles. The van der Waals surface area contributed by atoms with Crippen molar-refractivity contribution >= 4 is 11.6 Å². The van der Waals surface area contributed by atoms with Gasteiger partial charge in [0, 0.05) is 10.6 Å². The summed E-state index contributed by atoms with van der Waals surface area (Å²) in [5.41, 5.74) is 0.626. The molecule has 0 spiro atoms. The van der Waals surface area contributed by atoms with Gasteiger partial charge in [-0.05, 0) is 30.9 Å². The summed E-state index contributed by atoms with van der Waals surface area (Å²) in [4.78, 5) is 0. The molecular formula is C10H10ClFO. The molecule has 0 radical (unpaired) electrons. The Hall–Kier alpha value is -0.760. The molecular weight excluding hydrogens is 191 g/mol. The monoisotopic (exact) mass is 200 g/mol. The summed E-state index contributed by atoms with van der Waals surface area (Å²) >= 11 is 5.90. The average molecular weight is 201 g/mol. The Labute approximate surface area is 81.5 Å².